The fraction of sp³-hybridized carbons (Fsp3) is 0.455. The second-order valence-corrected chi connectivity index (χ2v) is 7.45. The maximum absolute atomic E-state index is 13.9. The Labute approximate surface area is 165 Å². The van der Waals surface area contributed by atoms with Crippen LogP contribution < -0.4 is 14.8 Å². The van der Waals surface area contributed by atoms with Crippen molar-refractivity contribution in [2.75, 3.05) is 7.11 Å². The zero-order chi connectivity index (χ0) is 19.1. The highest BCUT2D eigenvalue weighted by molar-refractivity contribution is 6.31. The van der Waals surface area contributed by atoms with Gasteiger partial charge in [-0.15, -0.1) is 0 Å². The number of rotatable bonds is 7. The molecule has 1 aliphatic rings. The van der Waals surface area contributed by atoms with Crippen LogP contribution in [0, 0.1) is 5.82 Å². The van der Waals surface area contributed by atoms with Crippen LogP contribution in [0.1, 0.15) is 49.7 Å². The van der Waals surface area contributed by atoms with Gasteiger partial charge in [0.2, 0.25) is 0 Å². The molecule has 0 aliphatic heterocycles. The molecule has 0 heterocycles. The normalized spacial score (nSPS) is 15.4. The molecule has 0 radical (unpaired) electrons. The molecule has 0 amide bonds. The summed E-state index contributed by atoms with van der Waals surface area (Å²) in [6, 6.07) is 11.1. The summed E-state index contributed by atoms with van der Waals surface area (Å²) in [6.07, 6.45) is 7.83. The van der Waals surface area contributed by atoms with Gasteiger partial charge in [-0.3, -0.25) is 0 Å². The molecule has 1 fully saturated rings. The predicted molar refractivity (Wildman–Crippen MR) is 107 cm³/mol. The number of methoxy groups -OCH3 is 1. The quantitative estimate of drug-likeness (QED) is 0.598. The molecular weight excluding hydrogens is 365 g/mol. The fourth-order valence-electron chi connectivity index (χ4n) is 3.51. The number of ether oxygens (including phenoxy) is 2. The molecule has 1 N–H and O–H groups in total. The van der Waals surface area contributed by atoms with Crippen LogP contribution in [0.15, 0.2) is 36.4 Å². The maximum Gasteiger partial charge on any atom is 0.161 e. The van der Waals surface area contributed by atoms with E-state index >= 15 is 0 Å². The Hall–Kier alpha value is -1.78. The van der Waals surface area contributed by atoms with E-state index in [2.05, 4.69) is 5.32 Å². The second-order valence-electron chi connectivity index (χ2n) is 7.04. The highest BCUT2D eigenvalue weighted by Crippen LogP contribution is 2.30. The van der Waals surface area contributed by atoms with Crippen molar-refractivity contribution in [2.24, 2.45) is 0 Å². The van der Waals surface area contributed by atoms with Gasteiger partial charge in [0.25, 0.3) is 0 Å². The van der Waals surface area contributed by atoms with Crippen molar-refractivity contribution in [3.8, 4) is 11.5 Å². The molecule has 146 valence electrons. The molecule has 27 heavy (non-hydrogen) atoms. The van der Waals surface area contributed by atoms with Crippen LogP contribution in [0.25, 0.3) is 0 Å². The van der Waals surface area contributed by atoms with Crippen molar-refractivity contribution in [3.05, 3.63) is 58.4 Å². The van der Waals surface area contributed by atoms with Gasteiger partial charge in [0, 0.05) is 18.2 Å². The van der Waals surface area contributed by atoms with Gasteiger partial charge in [-0.25, -0.2) is 4.39 Å². The standard InChI is InChI=1S/C22H27ClFNO2/c1-26-22-13-16(14-25-17-7-4-2-3-5-8-17)11-12-21(22)27-15-18-19(23)9-6-10-20(18)24/h6,9-13,17,25H,2-5,7-8,14-15H2,1H3. The molecule has 0 spiro atoms. The van der Waals surface area contributed by atoms with Crippen LogP contribution >= 0.6 is 11.6 Å². The van der Waals surface area contributed by atoms with E-state index < -0.39 is 0 Å². The molecular formula is C22H27ClFNO2. The van der Waals surface area contributed by atoms with E-state index in [-0.39, 0.29) is 12.4 Å². The van der Waals surface area contributed by atoms with Crippen LogP contribution in [0.2, 0.25) is 5.02 Å². The summed E-state index contributed by atoms with van der Waals surface area (Å²) in [5.74, 6) is 0.850. The first kappa shape index (κ1) is 20.0. The maximum atomic E-state index is 13.9. The largest absolute Gasteiger partial charge is 0.493 e. The first-order chi connectivity index (χ1) is 13.2. The average molecular weight is 392 g/mol. The predicted octanol–water partition coefficient (Wildman–Crippen LogP) is 5.88. The minimum Gasteiger partial charge on any atom is -0.493 e. The zero-order valence-corrected chi connectivity index (χ0v) is 16.5. The van der Waals surface area contributed by atoms with Gasteiger partial charge in [0.1, 0.15) is 12.4 Å². The molecule has 1 aliphatic carbocycles. The Morgan fingerprint density at radius 2 is 1.85 bits per heavy atom. The summed E-state index contributed by atoms with van der Waals surface area (Å²) < 4.78 is 25.1. The molecule has 2 aromatic rings. The van der Waals surface area contributed by atoms with Gasteiger partial charge in [-0.2, -0.15) is 0 Å². The molecule has 0 unspecified atom stereocenters. The van der Waals surface area contributed by atoms with Crippen molar-refractivity contribution < 1.29 is 13.9 Å². The summed E-state index contributed by atoms with van der Waals surface area (Å²) in [7, 11) is 1.61. The highest BCUT2D eigenvalue weighted by Gasteiger charge is 2.13. The minimum atomic E-state index is -0.370. The smallest absolute Gasteiger partial charge is 0.161 e. The van der Waals surface area contributed by atoms with E-state index in [4.69, 9.17) is 21.1 Å². The Balaban J connectivity index is 1.61. The van der Waals surface area contributed by atoms with Crippen molar-refractivity contribution in [1.82, 2.24) is 5.32 Å². The Bertz CT molecular complexity index is 725. The van der Waals surface area contributed by atoms with E-state index in [0.29, 0.717) is 28.1 Å². The number of benzene rings is 2. The average Bonchev–Trinajstić information content (AvgIpc) is 2.95. The van der Waals surface area contributed by atoms with Crippen molar-refractivity contribution >= 4 is 11.6 Å². The topological polar surface area (TPSA) is 30.5 Å². The van der Waals surface area contributed by atoms with Crippen LogP contribution in [0.3, 0.4) is 0 Å². The molecule has 5 heteroatoms. The first-order valence-electron chi connectivity index (χ1n) is 9.63. The van der Waals surface area contributed by atoms with E-state index in [1.807, 2.05) is 18.2 Å². The molecule has 0 aromatic heterocycles. The highest BCUT2D eigenvalue weighted by atomic mass is 35.5. The SMILES string of the molecule is COc1cc(CNC2CCCCCC2)ccc1OCc1c(F)cccc1Cl. The van der Waals surface area contributed by atoms with Gasteiger partial charge in [0.05, 0.1) is 12.1 Å². The molecule has 0 bridgehead atoms. The zero-order valence-electron chi connectivity index (χ0n) is 15.8. The summed E-state index contributed by atoms with van der Waals surface area (Å²) >= 11 is 6.06. The summed E-state index contributed by atoms with van der Waals surface area (Å²) in [5, 5.41) is 4.02. The van der Waals surface area contributed by atoms with Crippen molar-refractivity contribution in [2.45, 2.75) is 57.7 Å². The third-order valence-electron chi connectivity index (χ3n) is 5.11. The van der Waals surface area contributed by atoms with Crippen molar-refractivity contribution in [3.63, 3.8) is 0 Å². The van der Waals surface area contributed by atoms with Crippen molar-refractivity contribution in [1.29, 1.82) is 0 Å². The second kappa shape index (κ2) is 9.95. The Morgan fingerprint density at radius 1 is 1.07 bits per heavy atom. The molecule has 2 aromatic carbocycles. The van der Waals surface area contributed by atoms with Crippen LogP contribution in [0.5, 0.6) is 11.5 Å². The van der Waals surface area contributed by atoms with Crippen LogP contribution in [-0.4, -0.2) is 13.2 Å². The van der Waals surface area contributed by atoms with Gasteiger partial charge in [0.15, 0.2) is 11.5 Å². The Morgan fingerprint density at radius 3 is 2.56 bits per heavy atom. The lowest BCUT2D eigenvalue weighted by Crippen LogP contribution is -2.27. The fourth-order valence-corrected chi connectivity index (χ4v) is 3.72. The lowest BCUT2D eigenvalue weighted by molar-refractivity contribution is 0.279. The third kappa shape index (κ3) is 5.60. The number of hydrogen-bond acceptors (Lipinski definition) is 3. The summed E-state index contributed by atoms with van der Waals surface area (Å²) in [5.41, 5.74) is 1.49. The van der Waals surface area contributed by atoms with E-state index in [9.17, 15) is 4.39 Å². The number of hydrogen-bond donors (Lipinski definition) is 1. The number of nitrogens with one attached hydrogen (secondary N) is 1. The van der Waals surface area contributed by atoms with Crippen LogP contribution in [0.4, 0.5) is 4.39 Å². The summed E-state index contributed by atoms with van der Waals surface area (Å²) in [4.78, 5) is 0. The van der Waals surface area contributed by atoms with Gasteiger partial charge >= 0.3 is 0 Å². The molecule has 0 atom stereocenters. The molecule has 3 rings (SSSR count). The molecule has 1 saturated carbocycles. The van der Waals surface area contributed by atoms with E-state index in [1.165, 1.54) is 44.6 Å². The molecule has 0 saturated heterocycles. The van der Waals surface area contributed by atoms with Gasteiger partial charge in [-0.05, 0) is 42.7 Å². The van der Waals surface area contributed by atoms with Gasteiger partial charge in [-0.1, -0.05) is 49.4 Å². The monoisotopic (exact) mass is 391 g/mol. The van der Waals surface area contributed by atoms with E-state index in [0.717, 1.165) is 12.1 Å². The van der Waals surface area contributed by atoms with Crippen LogP contribution in [-0.2, 0) is 13.2 Å². The number of halogens is 2. The lowest BCUT2D eigenvalue weighted by Gasteiger charge is -2.17. The minimum absolute atomic E-state index is 0.0571. The summed E-state index contributed by atoms with van der Waals surface area (Å²) in [6.45, 7) is 0.863. The van der Waals surface area contributed by atoms with E-state index in [1.54, 1.807) is 19.2 Å². The first-order valence-corrected chi connectivity index (χ1v) is 10.0. The lowest BCUT2D eigenvalue weighted by atomic mass is 10.1. The Kier molecular flexibility index (Phi) is 7.36. The van der Waals surface area contributed by atoms with Gasteiger partial charge < -0.3 is 14.8 Å². The molecule has 3 nitrogen and oxygen atoms in total. The third-order valence-corrected chi connectivity index (χ3v) is 5.47.